The standard InChI is InChI=1S/C11H15NO2/c1-11(2,3)9-6-7(12)4-5-8(9)10(13)14/h4-6H,12H2,1-3H3,(H,13,14). The molecule has 0 saturated heterocycles. The summed E-state index contributed by atoms with van der Waals surface area (Å²) in [5, 5.41) is 8.98. The molecule has 0 aliphatic heterocycles. The lowest BCUT2D eigenvalue weighted by Crippen LogP contribution is -2.17. The van der Waals surface area contributed by atoms with Gasteiger partial charge < -0.3 is 10.8 Å². The second-order valence-electron chi connectivity index (χ2n) is 4.36. The highest BCUT2D eigenvalue weighted by Crippen LogP contribution is 2.27. The molecule has 0 amide bonds. The van der Waals surface area contributed by atoms with E-state index < -0.39 is 5.97 Å². The van der Waals surface area contributed by atoms with Gasteiger partial charge in [-0.05, 0) is 29.2 Å². The first-order valence-corrected chi connectivity index (χ1v) is 4.45. The summed E-state index contributed by atoms with van der Waals surface area (Å²) >= 11 is 0. The zero-order valence-electron chi connectivity index (χ0n) is 8.66. The van der Waals surface area contributed by atoms with Gasteiger partial charge in [-0.1, -0.05) is 20.8 Å². The third-order valence-corrected chi connectivity index (χ3v) is 2.08. The minimum Gasteiger partial charge on any atom is -0.478 e. The number of aromatic carboxylic acids is 1. The SMILES string of the molecule is CC(C)(C)c1cc(N)ccc1C(=O)O. The van der Waals surface area contributed by atoms with Crippen LogP contribution in [0.4, 0.5) is 5.69 Å². The van der Waals surface area contributed by atoms with E-state index in [1.807, 2.05) is 20.8 Å². The highest BCUT2D eigenvalue weighted by atomic mass is 16.4. The summed E-state index contributed by atoms with van der Waals surface area (Å²) in [4.78, 5) is 10.9. The summed E-state index contributed by atoms with van der Waals surface area (Å²) in [5.41, 5.74) is 7.12. The van der Waals surface area contributed by atoms with Crippen LogP contribution in [0.3, 0.4) is 0 Å². The minimum atomic E-state index is -0.907. The van der Waals surface area contributed by atoms with Gasteiger partial charge in [0, 0.05) is 5.69 Å². The average Bonchev–Trinajstić information content (AvgIpc) is 2.01. The molecule has 14 heavy (non-hydrogen) atoms. The number of hydrogen-bond acceptors (Lipinski definition) is 2. The van der Waals surface area contributed by atoms with Crippen molar-refractivity contribution in [2.24, 2.45) is 0 Å². The molecule has 0 saturated carbocycles. The summed E-state index contributed by atoms with van der Waals surface area (Å²) in [7, 11) is 0. The normalized spacial score (nSPS) is 11.4. The van der Waals surface area contributed by atoms with Gasteiger partial charge in [0.2, 0.25) is 0 Å². The van der Waals surface area contributed by atoms with Crippen molar-refractivity contribution < 1.29 is 9.90 Å². The van der Waals surface area contributed by atoms with Crippen molar-refractivity contribution in [2.45, 2.75) is 26.2 Å². The van der Waals surface area contributed by atoms with E-state index in [1.165, 1.54) is 0 Å². The molecule has 3 heteroatoms. The van der Waals surface area contributed by atoms with Crippen molar-refractivity contribution >= 4 is 11.7 Å². The molecule has 1 aromatic rings. The number of hydrogen-bond donors (Lipinski definition) is 2. The first-order valence-electron chi connectivity index (χ1n) is 4.45. The lowest BCUT2D eigenvalue weighted by atomic mass is 9.83. The number of carboxylic acid groups (broad SMARTS) is 1. The van der Waals surface area contributed by atoms with Crippen LogP contribution >= 0.6 is 0 Å². The van der Waals surface area contributed by atoms with Crippen LogP contribution < -0.4 is 5.73 Å². The van der Waals surface area contributed by atoms with Gasteiger partial charge in [0.15, 0.2) is 0 Å². The third-order valence-electron chi connectivity index (χ3n) is 2.08. The molecule has 1 aromatic carbocycles. The largest absolute Gasteiger partial charge is 0.478 e. The Kier molecular flexibility index (Phi) is 2.51. The van der Waals surface area contributed by atoms with Gasteiger partial charge in [-0.15, -0.1) is 0 Å². The van der Waals surface area contributed by atoms with E-state index in [2.05, 4.69) is 0 Å². The Bertz CT molecular complexity index is 364. The second kappa shape index (κ2) is 3.33. The fraction of sp³-hybridized carbons (Fsp3) is 0.364. The van der Waals surface area contributed by atoms with Crippen LogP contribution in [-0.2, 0) is 5.41 Å². The Balaban J connectivity index is 3.38. The van der Waals surface area contributed by atoms with E-state index in [0.717, 1.165) is 5.56 Å². The molecule has 0 atom stereocenters. The molecule has 0 radical (unpaired) electrons. The molecule has 0 heterocycles. The lowest BCUT2D eigenvalue weighted by Gasteiger charge is -2.21. The van der Waals surface area contributed by atoms with Gasteiger partial charge in [-0.2, -0.15) is 0 Å². The smallest absolute Gasteiger partial charge is 0.335 e. The number of nitrogens with two attached hydrogens (primary N) is 1. The van der Waals surface area contributed by atoms with Gasteiger partial charge in [-0.3, -0.25) is 0 Å². The van der Waals surface area contributed by atoms with Crippen LogP contribution in [0.15, 0.2) is 18.2 Å². The molecule has 0 unspecified atom stereocenters. The predicted octanol–water partition coefficient (Wildman–Crippen LogP) is 2.26. The van der Waals surface area contributed by atoms with Crippen LogP contribution in [-0.4, -0.2) is 11.1 Å². The summed E-state index contributed by atoms with van der Waals surface area (Å²) in [5.74, 6) is -0.907. The van der Waals surface area contributed by atoms with E-state index in [-0.39, 0.29) is 5.41 Å². The fourth-order valence-electron chi connectivity index (χ4n) is 1.37. The second-order valence-corrected chi connectivity index (χ2v) is 4.36. The molecule has 0 aromatic heterocycles. The quantitative estimate of drug-likeness (QED) is 0.672. The van der Waals surface area contributed by atoms with Crippen molar-refractivity contribution in [1.82, 2.24) is 0 Å². The molecular weight excluding hydrogens is 178 g/mol. The van der Waals surface area contributed by atoms with Crippen molar-refractivity contribution in [2.75, 3.05) is 5.73 Å². The summed E-state index contributed by atoms with van der Waals surface area (Å²) in [6, 6.07) is 4.89. The number of nitrogen functional groups attached to an aromatic ring is 1. The van der Waals surface area contributed by atoms with E-state index >= 15 is 0 Å². The van der Waals surface area contributed by atoms with Crippen LogP contribution in [0.5, 0.6) is 0 Å². The molecule has 1 rings (SSSR count). The van der Waals surface area contributed by atoms with Gasteiger partial charge in [-0.25, -0.2) is 4.79 Å². The first kappa shape index (κ1) is 10.6. The number of benzene rings is 1. The molecule has 0 spiro atoms. The van der Waals surface area contributed by atoms with Crippen molar-refractivity contribution in [3.8, 4) is 0 Å². The molecular formula is C11H15NO2. The molecule has 3 nitrogen and oxygen atoms in total. The van der Waals surface area contributed by atoms with E-state index in [4.69, 9.17) is 10.8 Å². The summed E-state index contributed by atoms with van der Waals surface area (Å²) < 4.78 is 0. The van der Waals surface area contributed by atoms with Crippen LogP contribution in [0.1, 0.15) is 36.7 Å². The van der Waals surface area contributed by atoms with Crippen LogP contribution in [0.2, 0.25) is 0 Å². The average molecular weight is 193 g/mol. The topological polar surface area (TPSA) is 63.3 Å². The third kappa shape index (κ3) is 2.05. The molecule has 0 aliphatic carbocycles. The van der Waals surface area contributed by atoms with Gasteiger partial charge in [0.25, 0.3) is 0 Å². The van der Waals surface area contributed by atoms with Gasteiger partial charge in [0.05, 0.1) is 5.56 Å². The molecule has 0 fully saturated rings. The zero-order chi connectivity index (χ0) is 10.9. The molecule has 3 N–H and O–H groups in total. The Hall–Kier alpha value is -1.51. The maximum atomic E-state index is 10.9. The lowest BCUT2D eigenvalue weighted by molar-refractivity contribution is 0.0694. The monoisotopic (exact) mass is 193 g/mol. The number of carbonyl (C=O) groups is 1. The number of rotatable bonds is 1. The minimum absolute atomic E-state index is 0.205. The van der Waals surface area contributed by atoms with Gasteiger partial charge >= 0.3 is 5.97 Å². The Morgan fingerprint density at radius 1 is 1.36 bits per heavy atom. The predicted molar refractivity (Wildman–Crippen MR) is 56.5 cm³/mol. The van der Waals surface area contributed by atoms with E-state index in [1.54, 1.807) is 18.2 Å². The Morgan fingerprint density at radius 2 is 1.93 bits per heavy atom. The summed E-state index contributed by atoms with van der Waals surface area (Å²) in [6.07, 6.45) is 0. The van der Waals surface area contributed by atoms with Crippen molar-refractivity contribution in [3.05, 3.63) is 29.3 Å². The highest BCUT2D eigenvalue weighted by molar-refractivity contribution is 5.90. The maximum absolute atomic E-state index is 10.9. The highest BCUT2D eigenvalue weighted by Gasteiger charge is 2.21. The maximum Gasteiger partial charge on any atom is 0.335 e. The van der Waals surface area contributed by atoms with Crippen molar-refractivity contribution in [3.63, 3.8) is 0 Å². The van der Waals surface area contributed by atoms with Gasteiger partial charge in [0.1, 0.15) is 0 Å². The Morgan fingerprint density at radius 3 is 2.36 bits per heavy atom. The zero-order valence-corrected chi connectivity index (χ0v) is 8.66. The van der Waals surface area contributed by atoms with Crippen molar-refractivity contribution in [1.29, 1.82) is 0 Å². The number of carboxylic acids is 1. The van der Waals surface area contributed by atoms with E-state index in [9.17, 15) is 4.79 Å². The summed E-state index contributed by atoms with van der Waals surface area (Å²) in [6.45, 7) is 5.90. The Labute approximate surface area is 83.6 Å². The van der Waals surface area contributed by atoms with E-state index in [0.29, 0.717) is 11.3 Å². The molecule has 0 aliphatic rings. The fourth-order valence-corrected chi connectivity index (χ4v) is 1.37. The van der Waals surface area contributed by atoms with Crippen LogP contribution in [0, 0.1) is 0 Å². The number of anilines is 1. The molecule has 76 valence electrons. The van der Waals surface area contributed by atoms with Crippen LogP contribution in [0.25, 0.3) is 0 Å². The molecule has 0 bridgehead atoms. The first-order chi connectivity index (χ1) is 6.32.